The van der Waals surface area contributed by atoms with Crippen LogP contribution < -0.4 is 0 Å². The lowest BCUT2D eigenvalue weighted by atomic mass is 9.59. The number of aryl methyl sites for hydroxylation is 1. The molecular formula is C19H22O3. The van der Waals surface area contributed by atoms with E-state index in [1.54, 1.807) is 0 Å². The molecule has 0 spiro atoms. The van der Waals surface area contributed by atoms with Crippen LogP contribution in [0.15, 0.2) is 30.3 Å². The van der Waals surface area contributed by atoms with Crippen LogP contribution >= 0.6 is 0 Å². The predicted octanol–water partition coefficient (Wildman–Crippen LogP) is 1.96. The number of benzene rings is 1. The standard InChI is InChI=1S/C19H22O3/c20-14(7-6-13-4-2-1-3-5-13)8-9-15-17-12-19(22)16(17)10-11-18(15)21/h1-5,14-18,20-21H,6-7,10-12H2/t14-,15-,16+,17-,18-/m0/s1. The summed E-state index contributed by atoms with van der Waals surface area (Å²) in [6, 6.07) is 10.0. The minimum Gasteiger partial charge on any atom is -0.392 e. The van der Waals surface area contributed by atoms with Crippen molar-refractivity contribution < 1.29 is 15.0 Å². The predicted molar refractivity (Wildman–Crippen MR) is 83.9 cm³/mol. The third-order valence-electron chi connectivity index (χ3n) is 4.98. The molecule has 22 heavy (non-hydrogen) atoms. The molecule has 3 rings (SSSR count). The molecule has 5 atom stereocenters. The fourth-order valence-corrected chi connectivity index (χ4v) is 3.59. The first-order valence-corrected chi connectivity index (χ1v) is 8.09. The second-order valence-corrected chi connectivity index (χ2v) is 6.44. The summed E-state index contributed by atoms with van der Waals surface area (Å²) >= 11 is 0. The number of fused-ring (bicyclic) bond motifs is 1. The Labute approximate surface area is 131 Å². The summed E-state index contributed by atoms with van der Waals surface area (Å²) in [7, 11) is 0. The smallest absolute Gasteiger partial charge is 0.136 e. The quantitative estimate of drug-likeness (QED) is 0.839. The lowest BCUT2D eigenvalue weighted by molar-refractivity contribution is -0.141. The number of hydrogen-bond donors (Lipinski definition) is 2. The van der Waals surface area contributed by atoms with Crippen LogP contribution in [0.2, 0.25) is 0 Å². The van der Waals surface area contributed by atoms with E-state index in [2.05, 4.69) is 11.8 Å². The number of ketones is 1. The van der Waals surface area contributed by atoms with E-state index >= 15 is 0 Å². The summed E-state index contributed by atoms with van der Waals surface area (Å²) < 4.78 is 0. The first-order chi connectivity index (χ1) is 10.6. The second kappa shape index (κ2) is 6.64. The van der Waals surface area contributed by atoms with Gasteiger partial charge in [0.05, 0.1) is 12.0 Å². The van der Waals surface area contributed by atoms with Crippen molar-refractivity contribution in [2.24, 2.45) is 17.8 Å². The number of Topliss-reactive ketones (excluding diaryl/α,β-unsaturated/α-hetero) is 1. The minimum atomic E-state index is -0.677. The van der Waals surface area contributed by atoms with E-state index in [1.165, 1.54) is 5.56 Å². The number of aliphatic hydroxyl groups excluding tert-OH is 2. The topological polar surface area (TPSA) is 57.5 Å². The molecule has 116 valence electrons. The van der Waals surface area contributed by atoms with Gasteiger partial charge in [0.2, 0.25) is 0 Å². The van der Waals surface area contributed by atoms with Gasteiger partial charge in [0, 0.05) is 12.3 Å². The molecule has 3 nitrogen and oxygen atoms in total. The van der Waals surface area contributed by atoms with Crippen molar-refractivity contribution in [1.82, 2.24) is 0 Å². The highest BCUT2D eigenvalue weighted by Crippen LogP contribution is 2.45. The Morgan fingerprint density at radius 2 is 2.00 bits per heavy atom. The summed E-state index contributed by atoms with van der Waals surface area (Å²) in [6.45, 7) is 0. The summed E-state index contributed by atoms with van der Waals surface area (Å²) in [4.78, 5) is 11.5. The van der Waals surface area contributed by atoms with Crippen molar-refractivity contribution >= 4 is 5.78 Å². The van der Waals surface area contributed by atoms with Crippen molar-refractivity contribution in [3.05, 3.63) is 35.9 Å². The van der Waals surface area contributed by atoms with Crippen molar-refractivity contribution in [2.75, 3.05) is 0 Å². The Bertz CT molecular complexity index is 584. The molecule has 0 saturated heterocycles. The van der Waals surface area contributed by atoms with Crippen LogP contribution in [0.3, 0.4) is 0 Å². The summed E-state index contributed by atoms with van der Waals surface area (Å²) in [5.41, 5.74) is 1.19. The molecule has 1 aromatic rings. The van der Waals surface area contributed by atoms with Gasteiger partial charge in [-0.25, -0.2) is 0 Å². The van der Waals surface area contributed by atoms with E-state index in [0.717, 1.165) is 12.8 Å². The average molecular weight is 298 g/mol. The number of hydrogen-bond acceptors (Lipinski definition) is 3. The van der Waals surface area contributed by atoms with Crippen molar-refractivity contribution in [3.8, 4) is 11.8 Å². The van der Waals surface area contributed by atoms with Gasteiger partial charge in [-0.3, -0.25) is 4.79 Å². The van der Waals surface area contributed by atoms with Gasteiger partial charge in [-0.1, -0.05) is 42.2 Å². The van der Waals surface area contributed by atoms with Gasteiger partial charge in [0.1, 0.15) is 11.9 Å². The fraction of sp³-hybridized carbons (Fsp3) is 0.526. The zero-order valence-corrected chi connectivity index (χ0v) is 12.6. The van der Waals surface area contributed by atoms with Crippen molar-refractivity contribution in [1.29, 1.82) is 0 Å². The number of carbonyl (C=O) groups is 1. The van der Waals surface area contributed by atoms with Crippen LogP contribution in [0.5, 0.6) is 0 Å². The molecule has 2 N–H and O–H groups in total. The second-order valence-electron chi connectivity index (χ2n) is 6.44. The van der Waals surface area contributed by atoms with Gasteiger partial charge in [-0.05, 0) is 37.2 Å². The highest BCUT2D eigenvalue weighted by molar-refractivity contribution is 5.87. The molecule has 3 heteroatoms. The third-order valence-corrected chi connectivity index (χ3v) is 4.98. The lowest BCUT2D eigenvalue weighted by Crippen LogP contribution is -2.49. The van der Waals surface area contributed by atoms with Crippen LogP contribution in [0, 0.1) is 29.6 Å². The summed E-state index contributed by atoms with van der Waals surface area (Å²) in [6.07, 6.45) is 2.22. The van der Waals surface area contributed by atoms with Crippen LogP contribution in [0.4, 0.5) is 0 Å². The van der Waals surface area contributed by atoms with E-state index in [1.807, 2.05) is 30.3 Å². The van der Waals surface area contributed by atoms with Gasteiger partial charge < -0.3 is 10.2 Å². The summed E-state index contributed by atoms with van der Waals surface area (Å²) in [5.74, 6) is 6.41. The minimum absolute atomic E-state index is 0.101. The zero-order valence-electron chi connectivity index (χ0n) is 12.6. The van der Waals surface area contributed by atoms with Crippen molar-refractivity contribution in [2.45, 2.75) is 44.3 Å². The third kappa shape index (κ3) is 3.24. The van der Waals surface area contributed by atoms with E-state index in [4.69, 9.17) is 0 Å². The largest absolute Gasteiger partial charge is 0.392 e. The van der Waals surface area contributed by atoms with Crippen molar-refractivity contribution in [3.63, 3.8) is 0 Å². The fourth-order valence-electron chi connectivity index (χ4n) is 3.59. The number of aliphatic hydroxyl groups is 2. The SMILES string of the molecule is O=C1C[C@H]2[C@H](C#C[C@@H](O)CCc3ccccc3)[C@@H](O)CC[C@@H]12. The summed E-state index contributed by atoms with van der Waals surface area (Å²) in [5, 5.41) is 20.1. The molecule has 2 aliphatic carbocycles. The zero-order chi connectivity index (χ0) is 15.5. The van der Waals surface area contributed by atoms with Crippen LogP contribution in [-0.4, -0.2) is 28.2 Å². The Hall–Kier alpha value is -1.63. The highest BCUT2D eigenvalue weighted by Gasteiger charge is 2.48. The van der Waals surface area contributed by atoms with E-state index in [0.29, 0.717) is 25.0 Å². The molecule has 0 aromatic heterocycles. The molecule has 2 fully saturated rings. The van der Waals surface area contributed by atoms with E-state index in [9.17, 15) is 15.0 Å². The number of rotatable bonds is 3. The highest BCUT2D eigenvalue weighted by atomic mass is 16.3. The molecule has 2 aliphatic rings. The normalized spacial score (nSPS) is 31.5. The van der Waals surface area contributed by atoms with E-state index in [-0.39, 0.29) is 17.8 Å². The van der Waals surface area contributed by atoms with Crippen LogP contribution in [0.25, 0.3) is 0 Å². The molecule has 0 radical (unpaired) electrons. The molecule has 0 heterocycles. The Balaban J connectivity index is 1.56. The van der Waals surface area contributed by atoms with Gasteiger partial charge in [0.25, 0.3) is 0 Å². The maximum atomic E-state index is 11.5. The molecular weight excluding hydrogens is 276 g/mol. The van der Waals surface area contributed by atoms with Gasteiger partial charge in [0.15, 0.2) is 0 Å². The average Bonchev–Trinajstić information content (AvgIpc) is 2.52. The first-order valence-electron chi connectivity index (χ1n) is 8.09. The molecule has 2 saturated carbocycles. The van der Waals surface area contributed by atoms with Gasteiger partial charge in [-0.2, -0.15) is 0 Å². The first kappa shape index (κ1) is 15.3. The molecule has 0 aliphatic heterocycles. The van der Waals surface area contributed by atoms with E-state index < -0.39 is 12.2 Å². The Kier molecular flexibility index (Phi) is 4.61. The molecule has 0 amide bonds. The molecule has 0 unspecified atom stereocenters. The maximum absolute atomic E-state index is 11.5. The lowest BCUT2D eigenvalue weighted by Gasteiger charge is -2.44. The van der Waals surface area contributed by atoms with Gasteiger partial charge in [-0.15, -0.1) is 0 Å². The van der Waals surface area contributed by atoms with Gasteiger partial charge >= 0.3 is 0 Å². The maximum Gasteiger partial charge on any atom is 0.136 e. The molecule has 0 bridgehead atoms. The molecule has 1 aromatic carbocycles. The monoisotopic (exact) mass is 298 g/mol. The number of carbonyl (C=O) groups excluding carboxylic acids is 1. The van der Waals surface area contributed by atoms with Crippen LogP contribution in [0.1, 0.15) is 31.2 Å². The Morgan fingerprint density at radius 1 is 1.23 bits per heavy atom. The van der Waals surface area contributed by atoms with Crippen LogP contribution in [-0.2, 0) is 11.2 Å². The Morgan fingerprint density at radius 3 is 2.73 bits per heavy atom.